The number of aromatic nitrogens is 2. The molecular weight excluding hydrogens is 294 g/mol. The molecule has 3 heterocycles. The van der Waals surface area contributed by atoms with Gasteiger partial charge in [0.15, 0.2) is 0 Å². The number of hydrogen-bond donors (Lipinski definition) is 1. The molecule has 0 saturated heterocycles. The van der Waals surface area contributed by atoms with E-state index < -0.39 is 10.0 Å². The van der Waals surface area contributed by atoms with Crippen LogP contribution in [0.15, 0.2) is 46.9 Å². The van der Waals surface area contributed by atoms with E-state index in [9.17, 15) is 8.42 Å². The summed E-state index contributed by atoms with van der Waals surface area (Å²) in [4.78, 5) is 1.05. The molecule has 0 aliphatic heterocycles. The number of aryl methyl sites for hydroxylation is 1. The highest BCUT2D eigenvalue weighted by Crippen LogP contribution is 2.24. The minimum absolute atomic E-state index is 0.336. The summed E-state index contributed by atoms with van der Waals surface area (Å²) in [6.45, 7) is 2.00. The van der Waals surface area contributed by atoms with E-state index in [-0.39, 0.29) is 0 Å². The van der Waals surface area contributed by atoms with Crippen molar-refractivity contribution in [2.75, 3.05) is 4.72 Å². The molecule has 0 unspecified atom stereocenters. The van der Waals surface area contributed by atoms with Gasteiger partial charge in [0.2, 0.25) is 0 Å². The van der Waals surface area contributed by atoms with Gasteiger partial charge in [-0.15, -0.1) is 11.3 Å². The Morgan fingerprint density at radius 2 is 2.15 bits per heavy atom. The minimum atomic E-state index is -3.52. The fourth-order valence-electron chi connectivity index (χ4n) is 1.88. The summed E-state index contributed by atoms with van der Waals surface area (Å²) in [6.07, 6.45) is 4.22. The molecule has 104 valence electrons. The molecule has 0 aromatic carbocycles. The van der Waals surface area contributed by atoms with Crippen LogP contribution >= 0.6 is 11.3 Å². The van der Waals surface area contributed by atoms with Gasteiger partial charge in [0.05, 0.1) is 11.2 Å². The molecule has 20 heavy (non-hydrogen) atoms. The van der Waals surface area contributed by atoms with E-state index in [0.29, 0.717) is 9.90 Å². The second kappa shape index (κ2) is 4.92. The maximum atomic E-state index is 12.3. The van der Waals surface area contributed by atoms with Crippen molar-refractivity contribution in [1.29, 1.82) is 0 Å². The van der Waals surface area contributed by atoms with Crippen molar-refractivity contribution in [2.24, 2.45) is 0 Å². The number of hydrogen-bond acceptors (Lipinski definition) is 4. The molecule has 7 heteroatoms. The lowest BCUT2D eigenvalue weighted by molar-refractivity contribution is 0.603. The van der Waals surface area contributed by atoms with Crippen LogP contribution in [0.1, 0.15) is 11.8 Å². The Bertz CT molecular complexity index is 849. The number of thiophene rings is 1. The third-order valence-electron chi connectivity index (χ3n) is 2.90. The molecule has 3 aromatic rings. The van der Waals surface area contributed by atoms with E-state index in [2.05, 4.69) is 9.82 Å². The molecule has 1 N–H and O–H groups in total. The van der Waals surface area contributed by atoms with Gasteiger partial charge in [-0.3, -0.25) is 4.72 Å². The van der Waals surface area contributed by atoms with E-state index in [0.717, 1.165) is 16.8 Å². The predicted octanol–water partition coefficient (Wildman–Crippen LogP) is 2.76. The van der Waals surface area contributed by atoms with Crippen molar-refractivity contribution in [3.63, 3.8) is 0 Å². The van der Waals surface area contributed by atoms with Gasteiger partial charge in [0.1, 0.15) is 4.21 Å². The van der Waals surface area contributed by atoms with Crippen LogP contribution in [0.25, 0.3) is 5.52 Å². The highest BCUT2D eigenvalue weighted by Gasteiger charge is 2.16. The lowest BCUT2D eigenvalue weighted by Gasteiger charge is -2.06. The first kappa shape index (κ1) is 13.1. The molecule has 0 radical (unpaired) electrons. The molecule has 3 rings (SSSR count). The average Bonchev–Trinajstić information content (AvgIpc) is 3.06. The van der Waals surface area contributed by atoms with E-state index >= 15 is 0 Å². The van der Waals surface area contributed by atoms with Crippen LogP contribution in [0.5, 0.6) is 0 Å². The second-order valence-electron chi connectivity index (χ2n) is 4.30. The Morgan fingerprint density at radius 3 is 2.90 bits per heavy atom. The second-order valence-corrected chi connectivity index (χ2v) is 7.37. The van der Waals surface area contributed by atoms with E-state index in [1.807, 2.05) is 19.1 Å². The van der Waals surface area contributed by atoms with E-state index in [1.54, 1.807) is 35.1 Å². The monoisotopic (exact) mass is 307 g/mol. The molecule has 5 nitrogen and oxygen atoms in total. The van der Waals surface area contributed by atoms with Crippen molar-refractivity contribution in [3.05, 3.63) is 47.6 Å². The molecule has 0 aliphatic rings. The number of anilines is 1. The molecule has 0 aliphatic carbocycles. The highest BCUT2D eigenvalue weighted by molar-refractivity contribution is 7.94. The minimum Gasteiger partial charge on any atom is -0.279 e. The largest absolute Gasteiger partial charge is 0.279 e. The molecule has 0 atom stereocenters. The lowest BCUT2D eigenvalue weighted by atomic mass is 10.4. The smallest absolute Gasteiger partial charge is 0.271 e. The number of pyridine rings is 1. The summed E-state index contributed by atoms with van der Waals surface area (Å²) < 4.78 is 29.2. The number of fused-ring (bicyclic) bond motifs is 1. The Labute approximate surface area is 120 Å². The summed E-state index contributed by atoms with van der Waals surface area (Å²) >= 11 is 1.30. The summed E-state index contributed by atoms with van der Waals surface area (Å²) in [6, 6.07) is 8.74. The maximum absolute atomic E-state index is 12.3. The van der Waals surface area contributed by atoms with Crippen LogP contribution < -0.4 is 4.72 Å². The number of nitrogens with zero attached hydrogens (tertiary/aromatic N) is 2. The van der Waals surface area contributed by atoms with Gasteiger partial charge in [0.25, 0.3) is 10.0 Å². The van der Waals surface area contributed by atoms with Crippen LogP contribution in [0.2, 0.25) is 0 Å². The summed E-state index contributed by atoms with van der Waals surface area (Å²) in [5.41, 5.74) is 1.37. The first-order chi connectivity index (χ1) is 9.58. The summed E-state index contributed by atoms with van der Waals surface area (Å²) in [5, 5.41) is 4.07. The van der Waals surface area contributed by atoms with Gasteiger partial charge in [-0.1, -0.05) is 6.92 Å². The first-order valence-electron chi connectivity index (χ1n) is 6.13. The zero-order valence-electron chi connectivity index (χ0n) is 10.8. The first-order valence-corrected chi connectivity index (χ1v) is 8.43. The van der Waals surface area contributed by atoms with Gasteiger partial charge in [-0.2, -0.15) is 5.10 Å². The molecule has 0 bridgehead atoms. The number of nitrogens with one attached hydrogen (secondary N) is 1. The molecule has 0 amide bonds. The Morgan fingerprint density at radius 1 is 1.30 bits per heavy atom. The zero-order chi connectivity index (χ0) is 14.2. The number of sulfonamides is 1. The van der Waals surface area contributed by atoms with Crippen molar-refractivity contribution in [1.82, 2.24) is 9.61 Å². The van der Waals surface area contributed by atoms with Crippen LogP contribution in [-0.2, 0) is 16.4 Å². The van der Waals surface area contributed by atoms with E-state index in [4.69, 9.17) is 0 Å². The fraction of sp³-hybridized carbons (Fsp3) is 0.154. The zero-order valence-corrected chi connectivity index (χ0v) is 12.4. The lowest BCUT2D eigenvalue weighted by Crippen LogP contribution is -2.11. The quantitative estimate of drug-likeness (QED) is 0.806. The van der Waals surface area contributed by atoms with Gasteiger partial charge in [0, 0.05) is 17.3 Å². The van der Waals surface area contributed by atoms with Gasteiger partial charge in [-0.05, 0) is 36.8 Å². The molecular formula is C13H13N3O2S2. The van der Waals surface area contributed by atoms with Crippen LogP contribution in [-0.4, -0.2) is 18.0 Å². The van der Waals surface area contributed by atoms with Gasteiger partial charge < -0.3 is 0 Å². The third kappa shape index (κ3) is 2.41. The van der Waals surface area contributed by atoms with Crippen molar-refractivity contribution in [3.8, 4) is 0 Å². The number of rotatable bonds is 4. The topological polar surface area (TPSA) is 63.5 Å². The average molecular weight is 307 g/mol. The SMILES string of the molecule is CCc1ccc(S(=O)(=O)Nc2ccn3nccc3c2)s1. The summed E-state index contributed by atoms with van der Waals surface area (Å²) in [7, 11) is -3.52. The molecule has 0 spiro atoms. The summed E-state index contributed by atoms with van der Waals surface area (Å²) in [5.74, 6) is 0. The normalized spacial score (nSPS) is 11.8. The fourth-order valence-corrected chi connectivity index (χ4v) is 4.23. The Hall–Kier alpha value is -1.86. The van der Waals surface area contributed by atoms with E-state index in [1.165, 1.54) is 11.3 Å². The van der Waals surface area contributed by atoms with Gasteiger partial charge in [-0.25, -0.2) is 12.9 Å². The third-order valence-corrected chi connectivity index (χ3v) is 6.00. The predicted molar refractivity (Wildman–Crippen MR) is 79.7 cm³/mol. The highest BCUT2D eigenvalue weighted by atomic mass is 32.2. The van der Waals surface area contributed by atoms with Crippen LogP contribution in [0.3, 0.4) is 0 Å². The maximum Gasteiger partial charge on any atom is 0.271 e. The Balaban J connectivity index is 1.92. The van der Waals surface area contributed by atoms with Crippen molar-refractivity contribution >= 4 is 32.6 Å². The van der Waals surface area contributed by atoms with Crippen molar-refractivity contribution < 1.29 is 8.42 Å². The van der Waals surface area contributed by atoms with Crippen molar-refractivity contribution in [2.45, 2.75) is 17.6 Å². The van der Waals surface area contributed by atoms with Crippen LogP contribution in [0.4, 0.5) is 5.69 Å². The Kier molecular flexibility index (Phi) is 3.23. The molecule has 3 aromatic heterocycles. The molecule has 0 saturated carbocycles. The van der Waals surface area contributed by atoms with Gasteiger partial charge >= 0.3 is 0 Å². The molecule has 0 fully saturated rings. The van der Waals surface area contributed by atoms with Crippen LogP contribution in [0, 0.1) is 0 Å². The standard InChI is InChI=1S/C13H13N3O2S2/c1-2-12-3-4-13(19-12)20(17,18)15-10-6-8-16-11(9-10)5-7-14-16/h3-9,15H,2H2,1H3.